The summed E-state index contributed by atoms with van der Waals surface area (Å²) in [6, 6.07) is 1.82. The van der Waals surface area contributed by atoms with Gasteiger partial charge in [0.15, 0.2) is 15.7 Å². The number of aromatic nitrogens is 2. The molecule has 0 saturated carbocycles. The highest BCUT2D eigenvalue weighted by atomic mass is 32.2. The molecule has 0 amide bonds. The second-order valence-corrected chi connectivity index (χ2v) is 7.26. The second-order valence-electron chi connectivity index (χ2n) is 4.37. The van der Waals surface area contributed by atoms with Crippen molar-refractivity contribution in [3.8, 4) is 11.5 Å². The van der Waals surface area contributed by atoms with Gasteiger partial charge in [0.25, 0.3) is 5.89 Å². The van der Waals surface area contributed by atoms with Crippen molar-refractivity contribution in [2.75, 3.05) is 12.4 Å². The number of aliphatic hydroxyl groups excluding tert-OH is 1. The molecular weight excluding hydrogens is 288 g/mol. The van der Waals surface area contributed by atoms with Crippen molar-refractivity contribution < 1.29 is 18.0 Å². The van der Waals surface area contributed by atoms with Crippen LogP contribution in [-0.2, 0) is 15.6 Å². The minimum atomic E-state index is -3.34. The highest BCUT2D eigenvalue weighted by Crippen LogP contribution is 2.20. The van der Waals surface area contributed by atoms with Crippen LogP contribution in [0.5, 0.6) is 0 Å². The van der Waals surface area contributed by atoms with E-state index >= 15 is 0 Å². The molecule has 0 aliphatic heterocycles. The Morgan fingerprint density at radius 1 is 1.53 bits per heavy atom. The molecule has 2 aromatic rings. The topological polar surface area (TPSA) is 93.3 Å². The highest BCUT2D eigenvalue weighted by molar-refractivity contribution is 7.90. The van der Waals surface area contributed by atoms with E-state index in [4.69, 9.17) is 9.63 Å². The van der Waals surface area contributed by atoms with Gasteiger partial charge in [-0.25, -0.2) is 8.42 Å². The molecule has 2 heterocycles. The molecule has 1 atom stereocenters. The molecule has 0 aromatic carbocycles. The van der Waals surface area contributed by atoms with Crippen molar-refractivity contribution >= 4 is 21.2 Å². The first-order valence-electron chi connectivity index (χ1n) is 5.66. The Balaban J connectivity index is 2.08. The van der Waals surface area contributed by atoms with Gasteiger partial charge in [0.05, 0.1) is 11.3 Å². The average Bonchev–Trinajstić information content (AvgIpc) is 2.97. The smallest absolute Gasteiger partial charge is 0.258 e. The Hall–Kier alpha value is -1.25. The average molecular weight is 302 g/mol. The van der Waals surface area contributed by atoms with E-state index in [0.717, 1.165) is 5.56 Å². The first-order valence-corrected chi connectivity index (χ1v) is 8.43. The molecule has 0 saturated heterocycles. The van der Waals surface area contributed by atoms with Crippen molar-refractivity contribution in [3.05, 3.63) is 22.7 Å². The monoisotopic (exact) mass is 302 g/mol. The molecule has 0 spiro atoms. The van der Waals surface area contributed by atoms with E-state index < -0.39 is 9.84 Å². The molecule has 0 bridgehead atoms. The van der Waals surface area contributed by atoms with Gasteiger partial charge >= 0.3 is 0 Å². The number of rotatable bonds is 6. The van der Waals surface area contributed by atoms with Gasteiger partial charge in [-0.3, -0.25) is 0 Å². The van der Waals surface area contributed by atoms with Crippen LogP contribution in [0, 0.1) is 5.92 Å². The Morgan fingerprint density at radius 3 is 2.95 bits per heavy atom. The summed E-state index contributed by atoms with van der Waals surface area (Å²) >= 11 is 1.49. The Bertz CT molecular complexity index is 619. The van der Waals surface area contributed by atoms with E-state index in [2.05, 4.69) is 10.1 Å². The molecule has 0 fully saturated rings. The number of sulfone groups is 1. The number of nitrogens with zero attached hydrogens (tertiary/aromatic N) is 2. The summed E-state index contributed by atoms with van der Waals surface area (Å²) in [5, 5.41) is 16.3. The molecule has 0 aliphatic rings. The van der Waals surface area contributed by atoms with Crippen LogP contribution in [0.4, 0.5) is 0 Å². The second kappa shape index (κ2) is 5.81. The van der Waals surface area contributed by atoms with Gasteiger partial charge in [0.1, 0.15) is 5.75 Å². The number of hydrogen-bond donors (Lipinski definition) is 1. The van der Waals surface area contributed by atoms with Crippen molar-refractivity contribution in [2.45, 2.75) is 12.7 Å². The fraction of sp³-hybridized carbons (Fsp3) is 0.455. The van der Waals surface area contributed by atoms with Crippen LogP contribution in [0.15, 0.2) is 21.3 Å². The lowest BCUT2D eigenvalue weighted by molar-refractivity contribution is 0.249. The molecule has 6 nitrogen and oxygen atoms in total. The minimum Gasteiger partial charge on any atom is -0.396 e. The summed E-state index contributed by atoms with van der Waals surface area (Å²) in [6.07, 6.45) is 0. The Labute approximate surface area is 115 Å². The zero-order chi connectivity index (χ0) is 13.9. The van der Waals surface area contributed by atoms with Crippen LogP contribution in [0.25, 0.3) is 11.5 Å². The van der Waals surface area contributed by atoms with E-state index in [1.165, 1.54) is 11.3 Å². The maximum atomic E-state index is 11.8. The number of thiophene rings is 1. The third kappa shape index (κ3) is 3.85. The summed E-state index contributed by atoms with van der Waals surface area (Å²) in [5.41, 5.74) is 0.782. The summed E-state index contributed by atoms with van der Waals surface area (Å²) < 4.78 is 28.7. The van der Waals surface area contributed by atoms with Crippen LogP contribution in [-0.4, -0.2) is 36.0 Å². The van der Waals surface area contributed by atoms with Gasteiger partial charge in [0, 0.05) is 12.0 Å². The minimum absolute atomic E-state index is 0.0914. The molecular formula is C11H14N2O4S2. The molecule has 1 unspecified atom stereocenters. The van der Waals surface area contributed by atoms with Crippen molar-refractivity contribution in [1.82, 2.24) is 10.1 Å². The van der Waals surface area contributed by atoms with Gasteiger partial charge in [0.2, 0.25) is 0 Å². The molecule has 0 aliphatic carbocycles. The summed E-state index contributed by atoms with van der Waals surface area (Å²) in [5.74, 6) is -0.196. The largest absolute Gasteiger partial charge is 0.396 e. The van der Waals surface area contributed by atoms with E-state index in [-0.39, 0.29) is 29.9 Å². The SMILES string of the molecule is CC(CO)CS(=O)(=O)Cc1noc(-c2ccsc2)n1. The number of hydrogen-bond acceptors (Lipinski definition) is 7. The predicted octanol–water partition coefficient (Wildman–Crippen LogP) is 1.34. The van der Waals surface area contributed by atoms with Gasteiger partial charge in [-0.15, -0.1) is 0 Å². The van der Waals surface area contributed by atoms with Crippen molar-refractivity contribution in [2.24, 2.45) is 5.92 Å². The first-order chi connectivity index (χ1) is 9.00. The van der Waals surface area contributed by atoms with Crippen LogP contribution >= 0.6 is 11.3 Å². The van der Waals surface area contributed by atoms with Gasteiger partial charge in [-0.05, 0) is 17.4 Å². The lowest BCUT2D eigenvalue weighted by Gasteiger charge is -2.06. The molecule has 104 valence electrons. The van der Waals surface area contributed by atoms with Crippen LogP contribution in [0.2, 0.25) is 0 Å². The van der Waals surface area contributed by atoms with E-state index in [9.17, 15) is 8.42 Å². The quantitative estimate of drug-likeness (QED) is 0.865. The summed E-state index contributed by atoms with van der Waals surface area (Å²) in [7, 11) is -3.34. The Morgan fingerprint density at radius 2 is 2.32 bits per heavy atom. The zero-order valence-electron chi connectivity index (χ0n) is 10.3. The third-order valence-electron chi connectivity index (χ3n) is 2.44. The summed E-state index contributed by atoms with van der Waals surface area (Å²) in [6.45, 7) is 1.51. The maximum Gasteiger partial charge on any atom is 0.258 e. The lowest BCUT2D eigenvalue weighted by Crippen LogP contribution is -2.18. The predicted molar refractivity (Wildman–Crippen MR) is 71.4 cm³/mol. The van der Waals surface area contributed by atoms with Gasteiger partial charge in [-0.1, -0.05) is 12.1 Å². The normalized spacial score (nSPS) is 13.6. The van der Waals surface area contributed by atoms with Crippen molar-refractivity contribution in [1.29, 1.82) is 0 Å². The molecule has 2 aromatic heterocycles. The van der Waals surface area contributed by atoms with Crippen LogP contribution < -0.4 is 0 Å². The molecule has 2 rings (SSSR count). The highest BCUT2D eigenvalue weighted by Gasteiger charge is 2.20. The van der Waals surface area contributed by atoms with E-state index in [0.29, 0.717) is 5.89 Å². The van der Waals surface area contributed by atoms with E-state index in [1.54, 1.807) is 6.92 Å². The number of aliphatic hydroxyl groups is 1. The molecule has 0 radical (unpaired) electrons. The third-order valence-corrected chi connectivity index (χ3v) is 4.89. The van der Waals surface area contributed by atoms with Crippen molar-refractivity contribution in [3.63, 3.8) is 0 Å². The fourth-order valence-electron chi connectivity index (χ4n) is 1.56. The van der Waals surface area contributed by atoms with Crippen LogP contribution in [0.1, 0.15) is 12.7 Å². The fourth-order valence-corrected chi connectivity index (χ4v) is 3.79. The zero-order valence-corrected chi connectivity index (χ0v) is 11.9. The standard InChI is InChI=1S/C11H14N2O4S2/c1-8(4-14)6-19(15,16)7-10-12-11(17-13-10)9-2-3-18-5-9/h2-3,5,8,14H,4,6-7H2,1H3. The molecule has 8 heteroatoms. The van der Waals surface area contributed by atoms with Gasteiger partial charge < -0.3 is 9.63 Å². The molecule has 1 N–H and O–H groups in total. The van der Waals surface area contributed by atoms with Crippen LogP contribution in [0.3, 0.4) is 0 Å². The lowest BCUT2D eigenvalue weighted by atomic mass is 10.2. The summed E-state index contributed by atoms with van der Waals surface area (Å²) in [4.78, 5) is 4.06. The maximum absolute atomic E-state index is 11.8. The van der Waals surface area contributed by atoms with E-state index in [1.807, 2.05) is 16.8 Å². The molecule has 19 heavy (non-hydrogen) atoms. The Kier molecular flexibility index (Phi) is 4.33. The van der Waals surface area contributed by atoms with Gasteiger partial charge in [-0.2, -0.15) is 16.3 Å². The first kappa shape index (κ1) is 14.2.